The molecule has 192 valence electrons. The van der Waals surface area contributed by atoms with E-state index in [2.05, 4.69) is 0 Å². The van der Waals surface area contributed by atoms with Gasteiger partial charge in [0.05, 0.1) is 26.4 Å². The number of piperidine rings is 1. The minimum absolute atomic E-state index is 0.0661. The molecule has 2 aliphatic rings. The summed E-state index contributed by atoms with van der Waals surface area (Å²) in [5, 5.41) is 0. The smallest absolute Gasteiger partial charge is 0.410 e. The van der Waals surface area contributed by atoms with Gasteiger partial charge >= 0.3 is 18.0 Å². The molecular weight excluding hydrogens is 463 g/mol. The van der Waals surface area contributed by atoms with Gasteiger partial charge in [0.2, 0.25) is 0 Å². The fraction of sp³-hybridized carbons (Fsp3) is 0.542. The van der Waals surface area contributed by atoms with Crippen LogP contribution in [0.25, 0.3) is 0 Å². The second-order valence-corrected chi connectivity index (χ2v) is 9.09. The number of carbonyl (C=O) groups is 3. The van der Waals surface area contributed by atoms with Crippen LogP contribution in [0.2, 0.25) is 0 Å². The lowest BCUT2D eigenvalue weighted by Crippen LogP contribution is -2.44. The highest BCUT2D eigenvalue weighted by molar-refractivity contribution is 6.03. The third-order valence-electron chi connectivity index (χ3n) is 5.44. The number of benzene rings is 1. The number of amides is 1. The SMILES string of the molecule is COC(=O)C1=C(C(=O)OC)N(c2c(F)cccc2OC2CCN(C(=O)OC(C)(C)C)CC2)COC1. The largest absolute Gasteiger partial charge is 0.488 e. The van der Waals surface area contributed by atoms with E-state index in [1.165, 1.54) is 24.1 Å². The number of carbonyl (C=O) groups excluding carboxylic acids is 3. The molecule has 35 heavy (non-hydrogen) atoms. The van der Waals surface area contributed by atoms with Gasteiger partial charge in [-0.1, -0.05) is 6.07 Å². The van der Waals surface area contributed by atoms with Crippen LogP contribution in [-0.2, 0) is 28.5 Å². The molecule has 1 saturated heterocycles. The van der Waals surface area contributed by atoms with E-state index < -0.39 is 29.5 Å². The van der Waals surface area contributed by atoms with Crippen molar-refractivity contribution in [2.24, 2.45) is 0 Å². The fourth-order valence-corrected chi connectivity index (χ4v) is 3.83. The Morgan fingerprint density at radius 1 is 1.06 bits per heavy atom. The molecule has 11 heteroatoms. The quantitative estimate of drug-likeness (QED) is 0.451. The standard InChI is InChI=1S/C24H31FN2O8/c1-24(2,3)35-23(30)26-11-9-15(10-12-26)34-18-8-6-7-17(25)20(18)27-14-33-13-16(21(28)31-4)19(27)22(29)32-5/h6-8,15H,9-14H2,1-5H3. The number of anilines is 1. The minimum atomic E-state index is -0.839. The molecular formula is C24H31FN2O8. The molecule has 1 amide bonds. The number of ether oxygens (including phenoxy) is 5. The zero-order valence-electron chi connectivity index (χ0n) is 20.6. The van der Waals surface area contributed by atoms with Gasteiger partial charge < -0.3 is 33.5 Å². The monoisotopic (exact) mass is 494 g/mol. The molecule has 0 N–H and O–H groups in total. The number of nitrogens with zero attached hydrogens (tertiary/aromatic N) is 2. The molecule has 1 aromatic rings. The van der Waals surface area contributed by atoms with Crippen molar-refractivity contribution >= 4 is 23.7 Å². The molecule has 0 aromatic heterocycles. The molecule has 1 aromatic carbocycles. The van der Waals surface area contributed by atoms with Crippen molar-refractivity contribution < 1.29 is 42.5 Å². The van der Waals surface area contributed by atoms with E-state index in [1.54, 1.807) is 31.7 Å². The molecule has 0 atom stereocenters. The van der Waals surface area contributed by atoms with Gasteiger partial charge in [-0.05, 0) is 32.9 Å². The molecule has 0 radical (unpaired) electrons. The van der Waals surface area contributed by atoms with Crippen LogP contribution in [0.3, 0.4) is 0 Å². The van der Waals surface area contributed by atoms with E-state index >= 15 is 4.39 Å². The number of para-hydroxylation sites is 1. The Kier molecular flexibility index (Phi) is 8.21. The highest BCUT2D eigenvalue weighted by Crippen LogP contribution is 2.37. The van der Waals surface area contributed by atoms with E-state index in [9.17, 15) is 14.4 Å². The number of likely N-dealkylation sites (tertiary alicyclic amines) is 1. The van der Waals surface area contributed by atoms with E-state index in [4.69, 9.17) is 23.7 Å². The molecule has 0 aliphatic carbocycles. The van der Waals surface area contributed by atoms with Gasteiger partial charge in [-0.2, -0.15) is 0 Å². The average Bonchev–Trinajstić information content (AvgIpc) is 2.82. The first kappa shape index (κ1) is 26.3. The van der Waals surface area contributed by atoms with Crippen LogP contribution < -0.4 is 9.64 Å². The predicted octanol–water partition coefficient (Wildman–Crippen LogP) is 3.00. The summed E-state index contributed by atoms with van der Waals surface area (Å²) >= 11 is 0. The van der Waals surface area contributed by atoms with Crippen molar-refractivity contribution in [2.75, 3.05) is 45.5 Å². The Balaban J connectivity index is 1.84. The number of esters is 2. The predicted molar refractivity (Wildman–Crippen MR) is 122 cm³/mol. The summed E-state index contributed by atoms with van der Waals surface area (Å²) in [6.45, 7) is 5.84. The molecule has 2 heterocycles. The average molecular weight is 495 g/mol. The molecule has 0 unspecified atom stereocenters. The van der Waals surface area contributed by atoms with Gasteiger partial charge in [0.25, 0.3) is 0 Å². The fourth-order valence-electron chi connectivity index (χ4n) is 3.83. The summed E-state index contributed by atoms with van der Waals surface area (Å²) in [4.78, 5) is 40.0. The van der Waals surface area contributed by atoms with E-state index in [-0.39, 0.29) is 42.1 Å². The summed E-state index contributed by atoms with van der Waals surface area (Å²) in [6, 6.07) is 4.27. The van der Waals surface area contributed by atoms with Gasteiger partial charge in [-0.25, -0.2) is 18.8 Å². The highest BCUT2D eigenvalue weighted by Gasteiger charge is 2.36. The Hall–Kier alpha value is -3.34. The Bertz CT molecular complexity index is 996. The van der Waals surface area contributed by atoms with Crippen LogP contribution in [0, 0.1) is 5.82 Å². The number of methoxy groups -OCH3 is 2. The van der Waals surface area contributed by atoms with E-state index in [0.717, 1.165) is 7.11 Å². The van der Waals surface area contributed by atoms with Crippen LogP contribution in [0.4, 0.5) is 14.9 Å². The zero-order chi connectivity index (χ0) is 25.8. The van der Waals surface area contributed by atoms with Crippen molar-refractivity contribution in [3.8, 4) is 5.75 Å². The van der Waals surface area contributed by atoms with Gasteiger partial charge in [0.15, 0.2) is 5.82 Å². The Labute approximate surface area is 203 Å². The summed E-state index contributed by atoms with van der Waals surface area (Å²) in [5.74, 6) is -2.14. The number of hydrogen-bond acceptors (Lipinski definition) is 9. The molecule has 0 spiro atoms. The molecule has 1 fully saturated rings. The van der Waals surface area contributed by atoms with Crippen molar-refractivity contribution in [1.82, 2.24) is 4.90 Å². The van der Waals surface area contributed by atoms with Crippen LogP contribution >= 0.6 is 0 Å². The Morgan fingerprint density at radius 2 is 1.71 bits per heavy atom. The topological polar surface area (TPSA) is 104 Å². The number of hydrogen-bond donors (Lipinski definition) is 0. The molecule has 10 nitrogen and oxygen atoms in total. The first-order valence-corrected chi connectivity index (χ1v) is 11.2. The van der Waals surface area contributed by atoms with Crippen molar-refractivity contribution in [2.45, 2.75) is 45.3 Å². The van der Waals surface area contributed by atoms with Crippen molar-refractivity contribution in [3.05, 3.63) is 35.3 Å². The van der Waals surface area contributed by atoms with Crippen molar-refractivity contribution in [3.63, 3.8) is 0 Å². The minimum Gasteiger partial charge on any atom is -0.488 e. The summed E-state index contributed by atoms with van der Waals surface area (Å²) < 4.78 is 41.7. The van der Waals surface area contributed by atoms with Crippen LogP contribution in [0.1, 0.15) is 33.6 Å². The highest BCUT2D eigenvalue weighted by atomic mass is 19.1. The zero-order valence-corrected chi connectivity index (χ0v) is 20.6. The Morgan fingerprint density at radius 3 is 2.31 bits per heavy atom. The van der Waals surface area contributed by atoms with Gasteiger partial charge in [0, 0.05) is 25.9 Å². The summed E-state index contributed by atoms with van der Waals surface area (Å²) in [7, 11) is 2.33. The second kappa shape index (κ2) is 10.9. The van der Waals surface area contributed by atoms with Gasteiger partial charge in [-0.3, -0.25) is 0 Å². The van der Waals surface area contributed by atoms with E-state index in [0.29, 0.717) is 25.9 Å². The second-order valence-electron chi connectivity index (χ2n) is 9.09. The van der Waals surface area contributed by atoms with Crippen LogP contribution in [0.15, 0.2) is 29.5 Å². The first-order valence-electron chi connectivity index (χ1n) is 11.2. The molecule has 2 aliphatic heterocycles. The molecule has 3 rings (SSSR count). The summed E-state index contributed by atoms with van der Waals surface area (Å²) in [5.41, 5.74) is -0.931. The maximum absolute atomic E-state index is 15.1. The third-order valence-corrected chi connectivity index (χ3v) is 5.44. The lowest BCUT2D eigenvalue weighted by molar-refractivity contribution is -0.140. The molecule has 0 saturated carbocycles. The van der Waals surface area contributed by atoms with Gasteiger partial charge in [0.1, 0.15) is 35.6 Å². The maximum atomic E-state index is 15.1. The lowest BCUT2D eigenvalue weighted by Gasteiger charge is -2.35. The number of rotatable bonds is 5. The van der Waals surface area contributed by atoms with Crippen LogP contribution in [-0.4, -0.2) is 75.3 Å². The lowest BCUT2D eigenvalue weighted by atomic mass is 10.1. The van der Waals surface area contributed by atoms with Crippen LogP contribution in [0.5, 0.6) is 5.75 Å². The normalized spacial score (nSPS) is 17.2. The van der Waals surface area contributed by atoms with Gasteiger partial charge in [-0.15, -0.1) is 0 Å². The third kappa shape index (κ3) is 6.21. The molecule has 0 bridgehead atoms. The summed E-state index contributed by atoms with van der Waals surface area (Å²) in [6.07, 6.45) is 0.291. The number of halogens is 1. The van der Waals surface area contributed by atoms with E-state index in [1.807, 2.05) is 0 Å². The first-order chi connectivity index (χ1) is 16.6. The maximum Gasteiger partial charge on any atom is 0.410 e. The van der Waals surface area contributed by atoms with Crippen molar-refractivity contribution in [1.29, 1.82) is 0 Å².